The van der Waals surface area contributed by atoms with Gasteiger partial charge in [0, 0.05) is 62.2 Å². The predicted octanol–water partition coefficient (Wildman–Crippen LogP) is 1.60. The number of amides is 6. The van der Waals surface area contributed by atoms with E-state index in [1.807, 2.05) is 6.92 Å². The van der Waals surface area contributed by atoms with Gasteiger partial charge < -0.3 is 59.0 Å². The zero-order valence-electron chi connectivity index (χ0n) is 44.9. The second-order valence-corrected chi connectivity index (χ2v) is 19.0. The molecule has 6 amide bonds. The number of unbranched alkanes of at least 4 members (excludes halogenated alkanes) is 3. The van der Waals surface area contributed by atoms with Gasteiger partial charge in [-0.3, -0.25) is 53.4 Å². The molecular weight excluding hydrogens is 1040 g/mol. The summed E-state index contributed by atoms with van der Waals surface area (Å²) in [6.45, 7) is 6.43. The van der Waals surface area contributed by atoms with Crippen LogP contribution in [0, 0.1) is 16.0 Å². The van der Waals surface area contributed by atoms with Crippen molar-refractivity contribution in [1.29, 1.82) is 0 Å². The highest BCUT2D eigenvalue weighted by molar-refractivity contribution is 6.03. The van der Waals surface area contributed by atoms with E-state index in [9.17, 15) is 53.3 Å². The van der Waals surface area contributed by atoms with Crippen molar-refractivity contribution < 1.29 is 76.4 Å². The molecule has 0 radical (unpaired) electrons. The van der Waals surface area contributed by atoms with Crippen LogP contribution in [-0.4, -0.2) is 165 Å². The van der Waals surface area contributed by atoms with Crippen LogP contribution >= 0.6 is 0 Å². The van der Waals surface area contributed by atoms with Crippen molar-refractivity contribution in [3.05, 3.63) is 67.5 Å². The lowest BCUT2D eigenvalue weighted by atomic mass is 9.85. The minimum atomic E-state index is -2.09. The number of carbonyl (C=O) groups is 8. The van der Waals surface area contributed by atoms with Crippen LogP contribution in [0.25, 0.3) is 22.3 Å². The molecule has 0 bridgehead atoms. The Bertz CT molecular complexity index is 2770. The number of cyclic esters (lactones) is 1. The summed E-state index contributed by atoms with van der Waals surface area (Å²) in [5, 5.41) is 22.7. The number of hydrogen-bond donors (Lipinski definition) is 4. The molecule has 1 saturated heterocycles. The highest BCUT2D eigenvalue weighted by atomic mass is 16.6. The molecule has 1 aromatic carbocycles. The van der Waals surface area contributed by atoms with Crippen molar-refractivity contribution >= 4 is 64.0 Å². The Kier molecular flexibility index (Phi) is 23.3. The third-order valence-electron chi connectivity index (χ3n) is 13.4. The van der Waals surface area contributed by atoms with Crippen molar-refractivity contribution in [3.8, 4) is 11.4 Å². The van der Waals surface area contributed by atoms with E-state index in [2.05, 4.69) is 26.3 Å². The van der Waals surface area contributed by atoms with E-state index in [1.54, 1.807) is 26.0 Å². The van der Waals surface area contributed by atoms with E-state index < -0.39 is 59.0 Å². The highest BCUT2D eigenvalue weighted by Gasteiger charge is 2.50. The molecule has 2 aromatic heterocycles. The number of pyridine rings is 2. The number of non-ortho nitro benzene ring substituents is 1. The van der Waals surface area contributed by atoms with Crippen LogP contribution in [0.1, 0.15) is 95.2 Å². The molecule has 79 heavy (non-hydrogen) atoms. The summed E-state index contributed by atoms with van der Waals surface area (Å²) in [4.78, 5) is 133. The standard InChI is InChI=1S/C53H70N8O18/c1-4-53(38-28-42-48-35(30-60(42)51(69)37(38)31-78-52(53)70)27-36-39(58-48)13-11-14-41(36)61(71)72)79-47(66)29-56-49(67)40(57-45(64)33-77-24-20-73-5-2)12-8-9-16-54-44(63)32-76-25-23-75-22-21-74-19-17-55-43(62)15-7-6-10-18-59-46(65)26-34(3)50(59)68/h11,13-14,27-28,34,40H,4-10,12,15-26,29-33H2,1-3H3,(H,54,63)(H,55,62)(H,56,67)(H,57,64)/t34?,40?,53-/m0/s1. The summed E-state index contributed by atoms with van der Waals surface area (Å²) >= 11 is 0. The van der Waals surface area contributed by atoms with Gasteiger partial charge in [0.1, 0.15) is 32.4 Å². The minimum Gasteiger partial charge on any atom is -0.457 e. The number of nitrogens with zero attached hydrogens (tertiary/aromatic N) is 4. The second-order valence-electron chi connectivity index (χ2n) is 19.0. The van der Waals surface area contributed by atoms with Gasteiger partial charge >= 0.3 is 11.9 Å². The zero-order valence-corrected chi connectivity index (χ0v) is 44.9. The number of nitrogens with one attached hydrogen (secondary N) is 4. The van der Waals surface area contributed by atoms with E-state index >= 15 is 0 Å². The number of ether oxygens (including phenoxy) is 7. The minimum absolute atomic E-state index is 0.0386. The Morgan fingerprint density at radius 3 is 2.25 bits per heavy atom. The van der Waals surface area contributed by atoms with Gasteiger partial charge in [-0.2, -0.15) is 0 Å². The summed E-state index contributed by atoms with van der Waals surface area (Å²) in [5.74, 6) is -4.35. The first-order valence-corrected chi connectivity index (χ1v) is 26.6. The van der Waals surface area contributed by atoms with Crippen LogP contribution in [0.4, 0.5) is 5.69 Å². The van der Waals surface area contributed by atoms with Gasteiger partial charge in [0.05, 0.1) is 85.6 Å². The molecule has 26 nitrogen and oxygen atoms in total. The monoisotopic (exact) mass is 1110 g/mol. The number of likely N-dealkylation sites (tertiary alicyclic amines) is 1. The Hall–Kier alpha value is -7.26. The van der Waals surface area contributed by atoms with Gasteiger partial charge in [-0.1, -0.05) is 26.3 Å². The maximum atomic E-state index is 14.0. The normalized spacial score (nSPS) is 16.7. The number of esters is 2. The van der Waals surface area contributed by atoms with Crippen LogP contribution in [0.15, 0.2) is 35.1 Å². The van der Waals surface area contributed by atoms with Gasteiger partial charge in [-0.15, -0.1) is 0 Å². The Morgan fingerprint density at radius 2 is 1.54 bits per heavy atom. The lowest BCUT2D eigenvalue weighted by Gasteiger charge is -2.35. The van der Waals surface area contributed by atoms with E-state index in [4.69, 9.17) is 33.2 Å². The molecule has 430 valence electrons. The van der Waals surface area contributed by atoms with Crippen LogP contribution in [-0.2, 0) is 90.3 Å². The Balaban J connectivity index is 0.891. The molecule has 2 unspecified atom stereocenters. The van der Waals surface area contributed by atoms with E-state index in [1.165, 1.54) is 27.7 Å². The molecule has 3 atom stereocenters. The number of hydrogen-bond acceptors (Lipinski definition) is 19. The maximum Gasteiger partial charge on any atom is 0.355 e. The third kappa shape index (κ3) is 16.6. The molecule has 26 heteroatoms. The van der Waals surface area contributed by atoms with Crippen molar-refractivity contribution in [2.45, 2.75) is 103 Å². The van der Waals surface area contributed by atoms with E-state index in [0.717, 1.165) is 6.42 Å². The summed E-state index contributed by atoms with van der Waals surface area (Å²) in [7, 11) is 0. The van der Waals surface area contributed by atoms with Crippen molar-refractivity contribution in [3.63, 3.8) is 0 Å². The largest absolute Gasteiger partial charge is 0.457 e. The first-order valence-electron chi connectivity index (χ1n) is 26.6. The van der Waals surface area contributed by atoms with Crippen LogP contribution in [0.5, 0.6) is 0 Å². The number of rotatable bonds is 35. The average Bonchev–Trinajstić information content (AvgIpc) is 4.12. The quantitative estimate of drug-likeness (QED) is 0.0167. The molecule has 5 heterocycles. The third-order valence-corrected chi connectivity index (χ3v) is 13.4. The number of nitro benzene ring substituents is 1. The maximum absolute atomic E-state index is 14.0. The summed E-state index contributed by atoms with van der Waals surface area (Å²) in [6.07, 6.45) is 3.31. The molecule has 4 N–H and O–H groups in total. The van der Waals surface area contributed by atoms with Gasteiger partial charge in [-0.25, -0.2) is 9.78 Å². The molecule has 3 aliphatic heterocycles. The highest BCUT2D eigenvalue weighted by Crippen LogP contribution is 2.41. The topological polar surface area (TPSA) is 331 Å². The van der Waals surface area contributed by atoms with Gasteiger partial charge in [-0.05, 0) is 63.6 Å². The number of aromatic nitrogens is 2. The Labute approximate surface area is 455 Å². The molecule has 3 aromatic rings. The smallest absolute Gasteiger partial charge is 0.355 e. The van der Waals surface area contributed by atoms with E-state index in [-0.39, 0.29) is 137 Å². The molecule has 0 saturated carbocycles. The van der Waals surface area contributed by atoms with Crippen molar-refractivity contribution in [2.75, 3.05) is 92.2 Å². The summed E-state index contributed by atoms with van der Waals surface area (Å²) in [6, 6.07) is 6.46. The number of benzene rings is 1. The van der Waals surface area contributed by atoms with Gasteiger partial charge in [0.25, 0.3) is 11.2 Å². The van der Waals surface area contributed by atoms with Crippen LogP contribution < -0.4 is 26.8 Å². The average molecular weight is 1110 g/mol. The predicted molar refractivity (Wildman–Crippen MR) is 279 cm³/mol. The zero-order chi connectivity index (χ0) is 56.9. The number of carbonyl (C=O) groups excluding carboxylic acids is 8. The first kappa shape index (κ1) is 61.0. The molecule has 6 rings (SSSR count). The van der Waals surface area contributed by atoms with Crippen LogP contribution in [0.2, 0.25) is 0 Å². The molecule has 1 fully saturated rings. The molecular formula is C53H70N8O18. The fourth-order valence-electron chi connectivity index (χ4n) is 9.27. The summed E-state index contributed by atoms with van der Waals surface area (Å²) < 4.78 is 39.6. The Morgan fingerprint density at radius 1 is 0.835 bits per heavy atom. The number of imide groups is 1. The van der Waals surface area contributed by atoms with Crippen LogP contribution in [0.3, 0.4) is 0 Å². The van der Waals surface area contributed by atoms with Crippen molar-refractivity contribution in [2.24, 2.45) is 5.92 Å². The van der Waals surface area contributed by atoms with Crippen molar-refractivity contribution in [1.82, 2.24) is 35.7 Å². The lowest BCUT2D eigenvalue weighted by molar-refractivity contribution is -0.383. The van der Waals surface area contributed by atoms with Gasteiger partial charge in [0.15, 0.2) is 0 Å². The fourth-order valence-corrected chi connectivity index (χ4v) is 9.27. The second kappa shape index (κ2) is 30.2. The molecule has 0 spiro atoms. The first-order chi connectivity index (χ1) is 38.1. The summed E-state index contributed by atoms with van der Waals surface area (Å²) in [5.41, 5.74) is -1.11. The van der Waals surface area contributed by atoms with Gasteiger partial charge in [0.2, 0.25) is 41.0 Å². The molecule has 3 aliphatic rings. The number of fused-ring (bicyclic) bond motifs is 5. The number of nitro groups is 1. The SMILES string of the molecule is CCOCCOCC(=O)NC(CCCCNC(=O)COCCOCCOCCNC(=O)CCCCCN1C(=O)CC(C)C1=O)C(=O)NCC(=O)O[C@]1(CC)C(=O)OCc2c1cc1n(c2=O)Cc2cc3c([N+](=O)[O-])cccc3nc2-1. The fraction of sp³-hybridized carbons (Fsp3) is 0.585. The lowest BCUT2D eigenvalue weighted by Crippen LogP contribution is -2.51. The molecule has 0 aliphatic carbocycles. The van der Waals surface area contributed by atoms with E-state index in [0.29, 0.717) is 80.9 Å².